The van der Waals surface area contributed by atoms with Crippen LogP contribution in [0.15, 0.2) is 24.3 Å². The molecule has 0 spiro atoms. The highest BCUT2D eigenvalue weighted by Gasteiger charge is 2.61. The highest BCUT2D eigenvalue weighted by molar-refractivity contribution is 6.03. The maximum absolute atomic E-state index is 12.1. The molecule has 2 aromatic rings. The van der Waals surface area contributed by atoms with E-state index in [9.17, 15) is 30.0 Å². The van der Waals surface area contributed by atoms with Crippen molar-refractivity contribution in [1.82, 2.24) is 9.46 Å². The Bertz CT molecular complexity index is 685. The number of hydrogen-bond donors (Lipinski definition) is 4. The standard InChI is InChI=1S/C13H12N2O8/c16-7-1-2-8(17)14(7)22-11(20)13(5-6-13)12(21)23-15-9(18)3-4-10(15)19/h1-4,16-19H,5-6H2. The molecular weight excluding hydrogens is 312 g/mol. The van der Waals surface area contributed by atoms with Crippen molar-refractivity contribution >= 4 is 11.9 Å². The van der Waals surface area contributed by atoms with E-state index in [0.717, 1.165) is 24.3 Å². The van der Waals surface area contributed by atoms with Crippen LogP contribution in [0.25, 0.3) is 0 Å². The molecule has 23 heavy (non-hydrogen) atoms. The van der Waals surface area contributed by atoms with Gasteiger partial charge in [-0.3, -0.25) is 0 Å². The molecule has 1 saturated carbocycles. The van der Waals surface area contributed by atoms with E-state index in [2.05, 4.69) is 0 Å². The average molecular weight is 324 g/mol. The van der Waals surface area contributed by atoms with E-state index in [1.165, 1.54) is 0 Å². The first-order valence-electron chi connectivity index (χ1n) is 6.50. The summed E-state index contributed by atoms with van der Waals surface area (Å²) in [5, 5.41) is 37.7. The van der Waals surface area contributed by atoms with Crippen molar-refractivity contribution in [3.8, 4) is 23.5 Å². The first kappa shape index (κ1) is 14.6. The van der Waals surface area contributed by atoms with Gasteiger partial charge in [-0.25, -0.2) is 9.59 Å². The van der Waals surface area contributed by atoms with Crippen molar-refractivity contribution in [1.29, 1.82) is 0 Å². The van der Waals surface area contributed by atoms with E-state index >= 15 is 0 Å². The Balaban J connectivity index is 1.76. The van der Waals surface area contributed by atoms with E-state index < -0.39 is 40.9 Å². The number of aromatic nitrogens is 2. The van der Waals surface area contributed by atoms with E-state index in [1.54, 1.807) is 0 Å². The maximum atomic E-state index is 12.1. The average Bonchev–Trinajstić information content (AvgIpc) is 3.21. The van der Waals surface area contributed by atoms with E-state index in [-0.39, 0.29) is 12.8 Å². The molecule has 2 heterocycles. The third kappa shape index (κ3) is 2.29. The molecule has 0 aliphatic heterocycles. The monoisotopic (exact) mass is 324 g/mol. The fraction of sp³-hybridized carbons (Fsp3) is 0.231. The van der Waals surface area contributed by atoms with Gasteiger partial charge in [0.1, 0.15) is 0 Å². The number of nitrogens with zero attached hydrogens (tertiary/aromatic N) is 2. The van der Waals surface area contributed by atoms with E-state index in [0.29, 0.717) is 9.46 Å². The zero-order valence-electron chi connectivity index (χ0n) is 11.5. The summed E-state index contributed by atoms with van der Waals surface area (Å²) in [7, 11) is 0. The highest BCUT2D eigenvalue weighted by Crippen LogP contribution is 2.47. The van der Waals surface area contributed by atoms with Crippen LogP contribution < -0.4 is 9.68 Å². The second kappa shape index (κ2) is 4.87. The van der Waals surface area contributed by atoms with Gasteiger partial charge < -0.3 is 30.1 Å². The number of hydrogen-bond acceptors (Lipinski definition) is 8. The van der Waals surface area contributed by atoms with Gasteiger partial charge in [-0.1, -0.05) is 0 Å². The van der Waals surface area contributed by atoms with Gasteiger partial charge >= 0.3 is 11.9 Å². The molecule has 0 bridgehead atoms. The van der Waals surface area contributed by atoms with Crippen LogP contribution >= 0.6 is 0 Å². The van der Waals surface area contributed by atoms with Crippen LogP contribution in [0.1, 0.15) is 12.8 Å². The van der Waals surface area contributed by atoms with Crippen LogP contribution in [0, 0.1) is 5.41 Å². The summed E-state index contributed by atoms with van der Waals surface area (Å²) >= 11 is 0. The van der Waals surface area contributed by atoms with Crippen molar-refractivity contribution in [2.24, 2.45) is 5.41 Å². The predicted octanol–water partition coefficient (Wildman–Crippen LogP) is -0.497. The summed E-state index contributed by atoms with van der Waals surface area (Å²) in [5.41, 5.74) is -1.63. The van der Waals surface area contributed by atoms with Gasteiger partial charge in [-0.05, 0) is 12.8 Å². The van der Waals surface area contributed by atoms with E-state index in [4.69, 9.17) is 9.68 Å². The van der Waals surface area contributed by atoms with Crippen molar-refractivity contribution in [2.75, 3.05) is 0 Å². The fourth-order valence-corrected chi connectivity index (χ4v) is 1.95. The smallest absolute Gasteiger partial charge is 0.350 e. The summed E-state index contributed by atoms with van der Waals surface area (Å²) in [5.74, 6) is -4.20. The lowest BCUT2D eigenvalue weighted by atomic mass is 10.1. The van der Waals surface area contributed by atoms with Gasteiger partial charge in [0, 0.05) is 24.3 Å². The third-order valence-corrected chi connectivity index (χ3v) is 3.48. The van der Waals surface area contributed by atoms with Crippen LogP contribution in [0.5, 0.6) is 23.5 Å². The van der Waals surface area contributed by atoms with Crippen molar-refractivity contribution in [3.63, 3.8) is 0 Å². The van der Waals surface area contributed by atoms with Gasteiger partial charge in [0.25, 0.3) is 0 Å². The molecule has 10 heteroatoms. The molecule has 2 aromatic heterocycles. The summed E-state index contributed by atoms with van der Waals surface area (Å²) in [4.78, 5) is 33.9. The Morgan fingerprint density at radius 3 is 1.35 bits per heavy atom. The zero-order valence-corrected chi connectivity index (χ0v) is 11.5. The lowest BCUT2D eigenvalue weighted by molar-refractivity contribution is -0.166. The van der Waals surface area contributed by atoms with Crippen molar-refractivity contribution < 1.29 is 39.7 Å². The Morgan fingerprint density at radius 1 is 0.783 bits per heavy atom. The van der Waals surface area contributed by atoms with Gasteiger partial charge in [-0.15, -0.1) is 9.46 Å². The SMILES string of the molecule is O=C(On1c(O)ccc1O)C1(C(=O)On2c(O)ccc2O)CC1. The zero-order chi connectivity index (χ0) is 16.8. The van der Waals surface area contributed by atoms with Crippen LogP contribution in [0.4, 0.5) is 0 Å². The first-order valence-corrected chi connectivity index (χ1v) is 6.50. The minimum atomic E-state index is -1.63. The summed E-state index contributed by atoms with van der Waals surface area (Å²) < 4.78 is 0.917. The van der Waals surface area contributed by atoms with Gasteiger partial charge in [-0.2, -0.15) is 0 Å². The number of carbonyl (C=O) groups is 2. The molecule has 0 aromatic carbocycles. The fourth-order valence-electron chi connectivity index (χ4n) is 1.95. The molecule has 122 valence electrons. The summed E-state index contributed by atoms with van der Waals surface area (Å²) in [6.07, 6.45) is 0.243. The highest BCUT2D eigenvalue weighted by atomic mass is 16.7. The topological polar surface area (TPSA) is 143 Å². The van der Waals surface area contributed by atoms with Crippen molar-refractivity contribution in [3.05, 3.63) is 24.3 Å². The normalized spacial score (nSPS) is 15.1. The minimum Gasteiger partial charge on any atom is -0.492 e. The molecule has 10 nitrogen and oxygen atoms in total. The largest absolute Gasteiger partial charge is 0.492 e. The van der Waals surface area contributed by atoms with Gasteiger partial charge in [0.05, 0.1) is 0 Å². The molecule has 1 fully saturated rings. The van der Waals surface area contributed by atoms with Gasteiger partial charge in [0.2, 0.25) is 23.5 Å². The molecule has 0 saturated heterocycles. The Kier molecular flexibility index (Phi) is 3.09. The molecule has 0 radical (unpaired) electrons. The van der Waals surface area contributed by atoms with Gasteiger partial charge in [0.15, 0.2) is 5.41 Å². The first-order chi connectivity index (χ1) is 10.8. The van der Waals surface area contributed by atoms with Crippen LogP contribution in [0.2, 0.25) is 0 Å². The van der Waals surface area contributed by atoms with Crippen LogP contribution in [0.3, 0.4) is 0 Å². The second-order valence-corrected chi connectivity index (χ2v) is 5.03. The van der Waals surface area contributed by atoms with E-state index in [1.807, 2.05) is 0 Å². The third-order valence-electron chi connectivity index (χ3n) is 3.48. The summed E-state index contributed by atoms with van der Waals surface area (Å²) in [6.45, 7) is 0. The molecule has 3 rings (SSSR count). The predicted molar refractivity (Wildman–Crippen MR) is 70.4 cm³/mol. The molecule has 4 N–H and O–H groups in total. The second-order valence-electron chi connectivity index (χ2n) is 5.03. The Morgan fingerprint density at radius 2 is 1.09 bits per heavy atom. The van der Waals surface area contributed by atoms with Crippen molar-refractivity contribution in [2.45, 2.75) is 12.8 Å². The minimum absolute atomic E-state index is 0.121. The molecule has 1 aliphatic rings. The number of carbonyl (C=O) groups excluding carboxylic acids is 2. The number of aromatic hydroxyl groups is 4. The lowest BCUT2D eigenvalue weighted by Crippen LogP contribution is -2.38. The molecule has 1 aliphatic carbocycles. The molecule has 0 unspecified atom stereocenters. The molecule has 0 atom stereocenters. The summed E-state index contributed by atoms with van der Waals surface area (Å²) in [6, 6.07) is 4.37. The quantitative estimate of drug-likeness (QED) is 0.551. The Hall–Kier alpha value is -3.30. The molecule has 0 amide bonds. The van der Waals surface area contributed by atoms with Crippen LogP contribution in [-0.2, 0) is 9.59 Å². The molecular formula is C13H12N2O8. The number of rotatable bonds is 4. The maximum Gasteiger partial charge on any atom is 0.350 e. The Labute approximate surface area is 128 Å². The lowest BCUT2D eigenvalue weighted by Gasteiger charge is -2.14. The van der Waals surface area contributed by atoms with Crippen LogP contribution in [-0.4, -0.2) is 41.8 Å².